The van der Waals surface area contributed by atoms with Gasteiger partial charge in [0, 0.05) is 12.8 Å². The van der Waals surface area contributed by atoms with Gasteiger partial charge in [-0.15, -0.1) is 11.8 Å². The Morgan fingerprint density at radius 2 is 1.73 bits per heavy atom. The SMILES string of the molecule is CC/C=C\C/C=C\CCCC#CCCO. The Balaban J connectivity index is 3.24. The number of hydrogen-bond acceptors (Lipinski definition) is 1. The van der Waals surface area contributed by atoms with E-state index in [4.69, 9.17) is 5.11 Å². The van der Waals surface area contributed by atoms with Crippen molar-refractivity contribution < 1.29 is 5.11 Å². The Kier molecular flexibility index (Phi) is 12.1. The molecule has 0 bridgehead atoms. The van der Waals surface area contributed by atoms with Crippen LogP contribution >= 0.6 is 0 Å². The molecule has 0 heterocycles. The van der Waals surface area contributed by atoms with E-state index in [0.717, 1.165) is 32.1 Å². The highest BCUT2D eigenvalue weighted by Crippen LogP contribution is 1.97. The molecule has 0 atom stereocenters. The first kappa shape index (κ1) is 14.0. The van der Waals surface area contributed by atoms with Crippen molar-refractivity contribution in [2.45, 2.75) is 45.4 Å². The van der Waals surface area contributed by atoms with E-state index < -0.39 is 0 Å². The molecule has 0 aliphatic heterocycles. The molecule has 0 saturated carbocycles. The summed E-state index contributed by atoms with van der Waals surface area (Å²) in [5, 5.41) is 8.49. The van der Waals surface area contributed by atoms with E-state index in [9.17, 15) is 0 Å². The van der Waals surface area contributed by atoms with Crippen LogP contribution in [0.2, 0.25) is 0 Å². The lowest BCUT2D eigenvalue weighted by Gasteiger charge is -1.88. The molecule has 0 fully saturated rings. The topological polar surface area (TPSA) is 20.2 Å². The lowest BCUT2D eigenvalue weighted by molar-refractivity contribution is 0.305. The fourth-order valence-electron chi connectivity index (χ4n) is 1.10. The minimum Gasteiger partial charge on any atom is -0.395 e. The van der Waals surface area contributed by atoms with Gasteiger partial charge in [-0.2, -0.15) is 0 Å². The standard InChI is InChI=1S/C14H22O/c1-2-3-4-5-6-7-8-9-10-11-12-13-14-15/h3-4,6-7,15H,2,5,8-10,13-14H2,1H3/b4-3-,7-6-. The van der Waals surface area contributed by atoms with E-state index in [1.165, 1.54) is 0 Å². The highest BCUT2D eigenvalue weighted by molar-refractivity contribution is 4.99. The molecule has 0 saturated heterocycles. The first-order chi connectivity index (χ1) is 7.41. The largest absolute Gasteiger partial charge is 0.395 e. The fourth-order valence-corrected chi connectivity index (χ4v) is 1.10. The zero-order valence-electron chi connectivity index (χ0n) is 9.71. The summed E-state index contributed by atoms with van der Waals surface area (Å²) in [5.74, 6) is 5.96. The van der Waals surface area contributed by atoms with Gasteiger partial charge in [-0.1, -0.05) is 31.2 Å². The molecule has 0 aromatic carbocycles. The quantitative estimate of drug-likeness (QED) is 0.384. The average Bonchev–Trinajstić information content (AvgIpc) is 2.26. The van der Waals surface area contributed by atoms with E-state index in [0.29, 0.717) is 6.42 Å². The second-order valence-electron chi connectivity index (χ2n) is 3.31. The van der Waals surface area contributed by atoms with Crippen LogP contribution in [0.5, 0.6) is 0 Å². The minimum atomic E-state index is 0.177. The second kappa shape index (κ2) is 13.0. The first-order valence-electron chi connectivity index (χ1n) is 5.78. The molecule has 1 nitrogen and oxygen atoms in total. The van der Waals surface area contributed by atoms with Gasteiger partial charge in [0.15, 0.2) is 0 Å². The number of allylic oxidation sites excluding steroid dienone is 4. The van der Waals surface area contributed by atoms with E-state index in [-0.39, 0.29) is 6.61 Å². The maximum Gasteiger partial charge on any atom is 0.0540 e. The number of unbranched alkanes of at least 4 members (excludes halogenated alkanes) is 2. The molecule has 0 aromatic rings. The van der Waals surface area contributed by atoms with Crippen LogP contribution in [0.3, 0.4) is 0 Å². The lowest BCUT2D eigenvalue weighted by atomic mass is 10.2. The normalized spacial score (nSPS) is 10.8. The van der Waals surface area contributed by atoms with Crippen molar-refractivity contribution in [1.82, 2.24) is 0 Å². The molecule has 0 aliphatic carbocycles. The van der Waals surface area contributed by atoms with Crippen LogP contribution in [-0.4, -0.2) is 11.7 Å². The van der Waals surface area contributed by atoms with Crippen molar-refractivity contribution in [3.8, 4) is 11.8 Å². The van der Waals surface area contributed by atoms with Gasteiger partial charge in [-0.25, -0.2) is 0 Å². The molecule has 0 aliphatic rings. The Labute approximate surface area is 93.9 Å². The van der Waals surface area contributed by atoms with E-state index >= 15 is 0 Å². The summed E-state index contributed by atoms with van der Waals surface area (Å²) in [4.78, 5) is 0. The number of rotatable bonds is 7. The van der Waals surface area contributed by atoms with Gasteiger partial charge < -0.3 is 5.11 Å². The van der Waals surface area contributed by atoms with Crippen molar-refractivity contribution in [3.63, 3.8) is 0 Å². The third-order valence-corrected chi connectivity index (χ3v) is 1.88. The molecule has 0 aromatic heterocycles. The predicted molar refractivity (Wildman–Crippen MR) is 66.5 cm³/mol. The van der Waals surface area contributed by atoms with Crippen LogP contribution in [0.15, 0.2) is 24.3 Å². The van der Waals surface area contributed by atoms with Gasteiger partial charge in [-0.05, 0) is 25.7 Å². The summed E-state index contributed by atoms with van der Waals surface area (Å²) in [6.07, 6.45) is 14.7. The molecule has 84 valence electrons. The van der Waals surface area contributed by atoms with Crippen molar-refractivity contribution in [2.24, 2.45) is 0 Å². The van der Waals surface area contributed by atoms with Gasteiger partial charge in [0.05, 0.1) is 6.61 Å². The maximum absolute atomic E-state index is 8.49. The van der Waals surface area contributed by atoms with Crippen molar-refractivity contribution in [3.05, 3.63) is 24.3 Å². The summed E-state index contributed by atoms with van der Waals surface area (Å²) in [6, 6.07) is 0. The van der Waals surface area contributed by atoms with E-state index in [1.807, 2.05) is 0 Å². The van der Waals surface area contributed by atoms with Crippen LogP contribution < -0.4 is 0 Å². The zero-order chi connectivity index (χ0) is 11.2. The number of aliphatic hydroxyl groups is 1. The molecule has 0 rings (SSSR count). The molecule has 1 N–H and O–H groups in total. The van der Waals surface area contributed by atoms with Gasteiger partial charge in [0.2, 0.25) is 0 Å². The first-order valence-corrected chi connectivity index (χ1v) is 5.78. The Morgan fingerprint density at radius 1 is 1.00 bits per heavy atom. The Morgan fingerprint density at radius 3 is 2.47 bits per heavy atom. The van der Waals surface area contributed by atoms with Gasteiger partial charge in [-0.3, -0.25) is 0 Å². The summed E-state index contributed by atoms with van der Waals surface area (Å²) >= 11 is 0. The lowest BCUT2D eigenvalue weighted by Crippen LogP contribution is -1.76. The van der Waals surface area contributed by atoms with Gasteiger partial charge >= 0.3 is 0 Å². The highest BCUT2D eigenvalue weighted by atomic mass is 16.2. The maximum atomic E-state index is 8.49. The zero-order valence-corrected chi connectivity index (χ0v) is 9.71. The van der Waals surface area contributed by atoms with Crippen molar-refractivity contribution in [1.29, 1.82) is 0 Å². The smallest absolute Gasteiger partial charge is 0.0540 e. The molecular formula is C14H22O. The van der Waals surface area contributed by atoms with Crippen LogP contribution in [0.25, 0.3) is 0 Å². The molecule has 0 radical (unpaired) electrons. The molecule has 0 amide bonds. The third-order valence-electron chi connectivity index (χ3n) is 1.88. The van der Waals surface area contributed by atoms with Crippen molar-refractivity contribution >= 4 is 0 Å². The Hall–Kier alpha value is -1.00. The molecule has 0 unspecified atom stereocenters. The molecule has 0 spiro atoms. The van der Waals surface area contributed by atoms with Crippen LogP contribution in [-0.2, 0) is 0 Å². The minimum absolute atomic E-state index is 0.177. The van der Waals surface area contributed by atoms with Gasteiger partial charge in [0.25, 0.3) is 0 Å². The second-order valence-corrected chi connectivity index (χ2v) is 3.31. The number of hydrogen-bond donors (Lipinski definition) is 1. The summed E-state index contributed by atoms with van der Waals surface area (Å²) in [7, 11) is 0. The van der Waals surface area contributed by atoms with Crippen LogP contribution in [0.4, 0.5) is 0 Å². The van der Waals surface area contributed by atoms with Crippen LogP contribution in [0, 0.1) is 11.8 Å². The predicted octanol–water partition coefficient (Wildman–Crippen LogP) is 3.46. The summed E-state index contributed by atoms with van der Waals surface area (Å²) in [6.45, 7) is 2.32. The van der Waals surface area contributed by atoms with Crippen LogP contribution in [0.1, 0.15) is 45.4 Å². The summed E-state index contributed by atoms with van der Waals surface area (Å²) in [5.41, 5.74) is 0. The third kappa shape index (κ3) is 13.0. The van der Waals surface area contributed by atoms with Crippen molar-refractivity contribution in [2.75, 3.05) is 6.61 Å². The highest BCUT2D eigenvalue weighted by Gasteiger charge is 1.79. The number of aliphatic hydroxyl groups excluding tert-OH is 1. The van der Waals surface area contributed by atoms with E-state index in [1.54, 1.807) is 0 Å². The monoisotopic (exact) mass is 206 g/mol. The van der Waals surface area contributed by atoms with E-state index in [2.05, 4.69) is 43.1 Å². The molecular weight excluding hydrogens is 184 g/mol. The Bertz CT molecular complexity index is 227. The summed E-state index contributed by atoms with van der Waals surface area (Å²) < 4.78 is 0. The fraction of sp³-hybridized carbons (Fsp3) is 0.571. The molecule has 1 heteroatoms. The molecule has 15 heavy (non-hydrogen) atoms. The van der Waals surface area contributed by atoms with Gasteiger partial charge in [0.1, 0.15) is 0 Å². The average molecular weight is 206 g/mol.